The van der Waals surface area contributed by atoms with Crippen molar-refractivity contribution in [1.82, 2.24) is 14.8 Å². The van der Waals surface area contributed by atoms with Crippen LogP contribution in [0.2, 0.25) is 0 Å². The number of hydrogen-bond acceptors (Lipinski definition) is 5. The van der Waals surface area contributed by atoms with Crippen LogP contribution in [0.4, 0.5) is 0 Å². The number of fused-ring (bicyclic) bond motifs is 1. The number of amides is 1. The molecule has 6 heteroatoms. The highest BCUT2D eigenvalue weighted by Gasteiger charge is 2.49. The van der Waals surface area contributed by atoms with E-state index < -0.39 is 0 Å². The smallest absolute Gasteiger partial charge is 0.219 e. The van der Waals surface area contributed by atoms with E-state index in [2.05, 4.69) is 9.88 Å². The lowest BCUT2D eigenvalue weighted by atomic mass is 9.73. The summed E-state index contributed by atoms with van der Waals surface area (Å²) in [7, 11) is 1.62. The number of ether oxygens (including phenoxy) is 1. The van der Waals surface area contributed by atoms with Crippen molar-refractivity contribution < 1.29 is 14.6 Å². The van der Waals surface area contributed by atoms with Crippen molar-refractivity contribution in [2.24, 2.45) is 11.3 Å². The number of methoxy groups -OCH3 is 1. The molecule has 23 heavy (non-hydrogen) atoms. The topological polar surface area (TPSA) is 65.9 Å². The highest BCUT2D eigenvalue weighted by atomic mass is 16.5. The van der Waals surface area contributed by atoms with Crippen molar-refractivity contribution in [3.05, 3.63) is 23.9 Å². The predicted molar refractivity (Wildman–Crippen MR) is 85.9 cm³/mol. The third-order valence-corrected chi connectivity index (χ3v) is 5.34. The van der Waals surface area contributed by atoms with Crippen LogP contribution in [-0.4, -0.2) is 65.7 Å². The molecule has 1 aromatic heterocycles. The number of hydrogen-bond donors (Lipinski definition) is 1. The van der Waals surface area contributed by atoms with Crippen LogP contribution >= 0.6 is 0 Å². The van der Waals surface area contributed by atoms with Gasteiger partial charge in [0.05, 0.1) is 19.4 Å². The Morgan fingerprint density at radius 3 is 3.00 bits per heavy atom. The molecule has 1 aromatic rings. The molecule has 2 fully saturated rings. The molecule has 0 spiro atoms. The lowest BCUT2D eigenvalue weighted by Crippen LogP contribution is -2.50. The second-order valence-corrected chi connectivity index (χ2v) is 6.77. The number of carbonyl (C=O) groups excluding carboxylic acids is 1. The van der Waals surface area contributed by atoms with Gasteiger partial charge in [-0.1, -0.05) is 6.07 Å². The average Bonchev–Trinajstić information content (AvgIpc) is 2.92. The fourth-order valence-corrected chi connectivity index (χ4v) is 3.95. The summed E-state index contributed by atoms with van der Waals surface area (Å²) in [5.74, 6) is 1.08. The normalized spacial score (nSPS) is 27.8. The van der Waals surface area contributed by atoms with Crippen LogP contribution < -0.4 is 4.74 Å². The minimum atomic E-state index is -0.0786. The molecule has 2 atom stereocenters. The van der Waals surface area contributed by atoms with E-state index in [0.717, 1.165) is 44.8 Å². The number of aliphatic hydroxyl groups is 1. The zero-order valence-corrected chi connectivity index (χ0v) is 13.9. The molecule has 0 aliphatic carbocycles. The molecule has 2 aliphatic rings. The van der Waals surface area contributed by atoms with E-state index in [9.17, 15) is 9.90 Å². The lowest BCUT2D eigenvalue weighted by molar-refractivity contribution is -0.133. The molecule has 1 amide bonds. The number of nitrogens with zero attached hydrogens (tertiary/aromatic N) is 3. The molecule has 3 heterocycles. The van der Waals surface area contributed by atoms with Crippen molar-refractivity contribution in [2.45, 2.75) is 19.9 Å². The van der Waals surface area contributed by atoms with Crippen LogP contribution in [0.3, 0.4) is 0 Å². The first kappa shape index (κ1) is 16.2. The quantitative estimate of drug-likeness (QED) is 0.887. The van der Waals surface area contributed by atoms with E-state index in [1.165, 1.54) is 0 Å². The Morgan fingerprint density at radius 1 is 1.48 bits per heavy atom. The van der Waals surface area contributed by atoms with Crippen LogP contribution in [-0.2, 0) is 11.3 Å². The number of rotatable bonds is 4. The fraction of sp³-hybridized carbons (Fsp3) is 0.647. The number of aliphatic hydroxyl groups excluding tert-OH is 1. The van der Waals surface area contributed by atoms with Gasteiger partial charge in [-0.3, -0.25) is 9.69 Å². The predicted octanol–water partition coefficient (Wildman–Crippen LogP) is 0.753. The van der Waals surface area contributed by atoms with Gasteiger partial charge in [0.15, 0.2) is 0 Å². The molecule has 0 radical (unpaired) electrons. The minimum absolute atomic E-state index is 0.0786. The maximum atomic E-state index is 11.6. The van der Waals surface area contributed by atoms with E-state index in [4.69, 9.17) is 4.74 Å². The Morgan fingerprint density at radius 2 is 2.30 bits per heavy atom. The van der Waals surface area contributed by atoms with Crippen LogP contribution in [0.1, 0.15) is 19.0 Å². The molecule has 0 unspecified atom stereocenters. The summed E-state index contributed by atoms with van der Waals surface area (Å²) in [5, 5.41) is 9.98. The maximum Gasteiger partial charge on any atom is 0.219 e. The van der Waals surface area contributed by atoms with Gasteiger partial charge in [0.1, 0.15) is 0 Å². The van der Waals surface area contributed by atoms with Gasteiger partial charge < -0.3 is 14.7 Å². The SMILES string of the molecule is COc1cccc(CN2C[C@H]3CN(C(C)=O)CC[C@@]3(CO)C2)n1. The summed E-state index contributed by atoms with van der Waals surface area (Å²) in [6.45, 7) is 5.80. The summed E-state index contributed by atoms with van der Waals surface area (Å²) >= 11 is 0. The standard InChI is InChI=1S/C17H25N3O3/c1-13(22)20-7-6-17(12-21)11-19(8-14(17)9-20)10-15-4-3-5-16(18-15)23-2/h3-5,14,21H,6-12H2,1-2H3/t14-,17-/m0/s1. The van der Waals surface area contributed by atoms with Gasteiger partial charge in [-0.15, -0.1) is 0 Å². The number of carbonyl (C=O) groups is 1. The summed E-state index contributed by atoms with van der Waals surface area (Å²) in [6, 6.07) is 5.79. The third-order valence-electron chi connectivity index (χ3n) is 5.34. The molecule has 0 aromatic carbocycles. The van der Waals surface area contributed by atoms with Gasteiger partial charge in [0, 0.05) is 51.1 Å². The molecule has 6 nitrogen and oxygen atoms in total. The van der Waals surface area contributed by atoms with Gasteiger partial charge in [-0.25, -0.2) is 4.98 Å². The molecule has 0 saturated carbocycles. The molecule has 2 saturated heterocycles. The van der Waals surface area contributed by atoms with Gasteiger partial charge >= 0.3 is 0 Å². The number of pyridine rings is 1. The number of aromatic nitrogens is 1. The van der Waals surface area contributed by atoms with E-state index in [1.54, 1.807) is 14.0 Å². The van der Waals surface area contributed by atoms with Crippen molar-refractivity contribution in [3.8, 4) is 5.88 Å². The van der Waals surface area contributed by atoms with E-state index in [-0.39, 0.29) is 17.9 Å². The van der Waals surface area contributed by atoms with Gasteiger partial charge in [0.25, 0.3) is 0 Å². The zero-order chi connectivity index (χ0) is 16.4. The molecule has 2 aliphatic heterocycles. The summed E-state index contributed by atoms with van der Waals surface area (Å²) in [5.41, 5.74) is 0.893. The lowest BCUT2D eigenvalue weighted by Gasteiger charge is -2.42. The molecule has 126 valence electrons. The van der Waals surface area contributed by atoms with E-state index >= 15 is 0 Å². The first-order chi connectivity index (χ1) is 11.1. The van der Waals surface area contributed by atoms with Crippen LogP contribution in [0.5, 0.6) is 5.88 Å². The zero-order valence-electron chi connectivity index (χ0n) is 13.9. The molecule has 1 N–H and O–H groups in total. The monoisotopic (exact) mass is 319 g/mol. The molecule has 3 rings (SSSR count). The van der Waals surface area contributed by atoms with Gasteiger partial charge in [0.2, 0.25) is 11.8 Å². The summed E-state index contributed by atoms with van der Waals surface area (Å²) in [6.07, 6.45) is 0.871. The van der Waals surface area contributed by atoms with Crippen molar-refractivity contribution in [3.63, 3.8) is 0 Å². The Kier molecular flexibility index (Phi) is 4.55. The largest absolute Gasteiger partial charge is 0.481 e. The Balaban J connectivity index is 1.70. The molecule has 0 bridgehead atoms. The van der Waals surface area contributed by atoms with Crippen LogP contribution in [0.15, 0.2) is 18.2 Å². The summed E-state index contributed by atoms with van der Waals surface area (Å²) < 4.78 is 5.18. The van der Waals surface area contributed by atoms with Gasteiger partial charge in [-0.2, -0.15) is 0 Å². The summed E-state index contributed by atoms with van der Waals surface area (Å²) in [4.78, 5) is 20.4. The van der Waals surface area contributed by atoms with Crippen molar-refractivity contribution in [2.75, 3.05) is 39.9 Å². The van der Waals surface area contributed by atoms with E-state index in [0.29, 0.717) is 11.8 Å². The number of likely N-dealkylation sites (tertiary alicyclic amines) is 2. The van der Waals surface area contributed by atoms with Gasteiger partial charge in [-0.05, 0) is 18.4 Å². The Labute approximate surface area is 137 Å². The second-order valence-electron chi connectivity index (χ2n) is 6.77. The second kappa shape index (κ2) is 6.45. The Bertz CT molecular complexity index is 580. The highest BCUT2D eigenvalue weighted by molar-refractivity contribution is 5.73. The molecular formula is C17H25N3O3. The Hall–Kier alpha value is -1.66. The fourth-order valence-electron chi connectivity index (χ4n) is 3.95. The third kappa shape index (κ3) is 3.19. The van der Waals surface area contributed by atoms with Crippen LogP contribution in [0, 0.1) is 11.3 Å². The minimum Gasteiger partial charge on any atom is -0.481 e. The van der Waals surface area contributed by atoms with Crippen molar-refractivity contribution >= 4 is 5.91 Å². The number of piperidine rings is 1. The molecular weight excluding hydrogens is 294 g/mol. The van der Waals surface area contributed by atoms with Crippen molar-refractivity contribution in [1.29, 1.82) is 0 Å². The first-order valence-electron chi connectivity index (χ1n) is 8.15. The van der Waals surface area contributed by atoms with Crippen LogP contribution in [0.25, 0.3) is 0 Å². The average molecular weight is 319 g/mol. The maximum absolute atomic E-state index is 11.6. The highest BCUT2D eigenvalue weighted by Crippen LogP contribution is 2.42. The van der Waals surface area contributed by atoms with E-state index in [1.807, 2.05) is 23.1 Å². The first-order valence-corrected chi connectivity index (χ1v) is 8.15.